The Hall–Kier alpha value is -1.02. The molecule has 0 aliphatic heterocycles. The third-order valence-corrected chi connectivity index (χ3v) is 3.96. The first-order valence-electron chi connectivity index (χ1n) is 7.47. The molecule has 1 rings (SSSR count). The second kappa shape index (κ2) is 7.54. The van der Waals surface area contributed by atoms with Crippen LogP contribution >= 0.6 is 0 Å². The third kappa shape index (κ3) is 4.24. The molecule has 0 amide bonds. The van der Waals surface area contributed by atoms with Crippen molar-refractivity contribution in [3.8, 4) is 5.75 Å². The zero-order valence-electron chi connectivity index (χ0n) is 13.1. The van der Waals surface area contributed by atoms with Crippen LogP contribution in [-0.4, -0.2) is 13.2 Å². The molecule has 2 unspecified atom stereocenters. The molecule has 108 valence electrons. The van der Waals surface area contributed by atoms with Gasteiger partial charge in [0.1, 0.15) is 5.75 Å². The largest absolute Gasteiger partial charge is 0.494 e. The van der Waals surface area contributed by atoms with E-state index in [0.717, 1.165) is 25.3 Å². The molecule has 0 fully saturated rings. The lowest BCUT2D eigenvalue weighted by Crippen LogP contribution is -2.12. The van der Waals surface area contributed by atoms with E-state index < -0.39 is 0 Å². The molecule has 0 saturated carbocycles. The molecule has 0 saturated heterocycles. The maximum Gasteiger partial charge on any atom is 0.122 e. The van der Waals surface area contributed by atoms with E-state index in [-0.39, 0.29) is 0 Å². The Balaban J connectivity index is 3.00. The highest BCUT2D eigenvalue weighted by molar-refractivity contribution is 5.40. The monoisotopic (exact) mass is 263 g/mol. The van der Waals surface area contributed by atoms with E-state index in [1.54, 1.807) is 0 Å². The zero-order chi connectivity index (χ0) is 14.4. The molecule has 1 aromatic carbocycles. The first kappa shape index (κ1) is 16.0. The fourth-order valence-corrected chi connectivity index (χ4v) is 2.43. The predicted molar refractivity (Wildman–Crippen MR) is 83.0 cm³/mol. The lowest BCUT2D eigenvalue weighted by molar-refractivity contribution is 0.334. The second-order valence-corrected chi connectivity index (χ2v) is 5.73. The summed E-state index contributed by atoms with van der Waals surface area (Å²) in [6.45, 7) is 12.5. The molecule has 0 spiro atoms. The van der Waals surface area contributed by atoms with Gasteiger partial charge in [-0.25, -0.2) is 0 Å². The molecule has 0 aliphatic carbocycles. The number of benzene rings is 1. The lowest BCUT2D eigenvalue weighted by Gasteiger charge is -2.22. The summed E-state index contributed by atoms with van der Waals surface area (Å²) in [7, 11) is 0. The van der Waals surface area contributed by atoms with Gasteiger partial charge in [-0.2, -0.15) is 0 Å². The maximum absolute atomic E-state index is 5.72. The summed E-state index contributed by atoms with van der Waals surface area (Å²) in [6, 6.07) is 6.64. The van der Waals surface area contributed by atoms with E-state index in [4.69, 9.17) is 10.5 Å². The fraction of sp³-hybridized carbons (Fsp3) is 0.647. The van der Waals surface area contributed by atoms with Gasteiger partial charge in [0.15, 0.2) is 0 Å². The molecule has 2 atom stereocenters. The summed E-state index contributed by atoms with van der Waals surface area (Å²) in [5, 5.41) is 0. The summed E-state index contributed by atoms with van der Waals surface area (Å²) in [4.78, 5) is 0. The molecule has 0 aliphatic rings. The highest BCUT2D eigenvalue weighted by Gasteiger charge is 2.16. The van der Waals surface area contributed by atoms with Gasteiger partial charge in [0.25, 0.3) is 0 Å². The quantitative estimate of drug-likeness (QED) is 0.796. The molecule has 0 heterocycles. The van der Waals surface area contributed by atoms with Crippen molar-refractivity contribution in [2.45, 2.75) is 52.9 Å². The van der Waals surface area contributed by atoms with Crippen molar-refractivity contribution in [2.24, 2.45) is 11.7 Å². The summed E-state index contributed by atoms with van der Waals surface area (Å²) in [5.41, 5.74) is 8.37. The number of rotatable bonds is 7. The Labute approximate surface area is 118 Å². The van der Waals surface area contributed by atoms with E-state index >= 15 is 0 Å². The Morgan fingerprint density at radius 2 is 1.84 bits per heavy atom. The van der Waals surface area contributed by atoms with E-state index in [0.29, 0.717) is 17.8 Å². The van der Waals surface area contributed by atoms with Gasteiger partial charge in [0.2, 0.25) is 0 Å². The molecule has 2 nitrogen and oxygen atoms in total. The number of hydrogen-bond acceptors (Lipinski definition) is 2. The molecular formula is C17H29NO. The Kier molecular flexibility index (Phi) is 6.36. The Bertz CT molecular complexity index is 387. The number of hydrogen-bond donors (Lipinski definition) is 1. The minimum absolute atomic E-state index is 0.485. The zero-order valence-corrected chi connectivity index (χ0v) is 13.1. The van der Waals surface area contributed by atoms with Crippen LogP contribution in [-0.2, 0) is 0 Å². The van der Waals surface area contributed by atoms with Crippen LogP contribution < -0.4 is 10.5 Å². The number of nitrogens with two attached hydrogens (primary N) is 1. The summed E-state index contributed by atoms with van der Waals surface area (Å²) in [6.07, 6.45) is 1.07. The topological polar surface area (TPSA) is 35.2 Å². The highest BCUT2D eigenvalue weighted by atomic mass is 16.5. The lowest BCUT2D eigenvalue weighted by atomic mass is 9.85. The predicted octanol–water partition coefficient (Wildman–Crippen LogP) is 4.30. The molecule has 2 N–H and O–H groups in total. The van der Waals surface area contributed by atoms with E-state index in [1.807, 2.05) is 6.92 Å². The Morgan fingerprint density at radius 3 is 2.37 bits per heavy atom. The van der Waals surface area contributed by atoms with Crippen molar-refractivity contribution in [3.05, 3.63) is 29.3 Å². The molecule has 19 heavy (non-hydrogen) atoms. The van der Waals surface area contributed by atoms with Gasteiger partial charge in [-0.05, 0) is 54.8 Å². The van der Waals surface area contributed by atoms with Crippen LogP contribution in [0.2, 0.25) is 0 Å². The van der Waals surface area contributed by atoms with Gasteiger partial charge in [0.05, 0.1) is 6.61 Å². The van der Waals surface area contributed by atoms with Crippen molar-refractivity contribution in [1.29, 1.82) is 0 Å². The van der Waals surface area contributed by atoms with Gasteiger partial charge in [0, 0.05) is 0 Å². The SMILES string of the molecule is CCOc1ccc(C(C)C(C)CCN)cc1C(C)C. The maximum atomic E-state index is 5.72. The van der Waals surface area contributed by atoms with E-state index in [1.165, 1.54) is 11.1 Å². The van der Waals surface area contributed by atoms with Crippen LogP contribution in [0.3, 0.4) is 0 Å². The minimum Gasteiger partial charge on any atom is -0.494 e. The molecule has 1 aromatic rings. The first-order chi connectivity index (χ1) is 9.01. The first-order valence-corrected chi connectivity index (χ1v) is 7.47. The smallest absolute Gasteiger partial charge is 0.122 e. The molecule has 0 aromatic heterocycles. The van der Waals surface area contributed by atoms with Crippen molar-refractivity contribution in [1.82, 2.24) is 0 Å². The van der Waals surface area contributed by atoms with Crippen molar-refractivity contribution < 1.29 is 4.74 Å². The molecular weight excluding hydrogens is 234 g/mol. The van der Waals surface area contributed by atoms with Crippen LogP contribution in [0.15, 0.2) is 18.2 Å². The van der Waals surface area contributed by atoms with Gasteiger partial charge in [-0.1, -0.05) is 39.8 Å². The van der Waals surface area contributed by atoms with Gasteiger partial charge in [-0.3, -0.25) is 0 Å². The summed E-state index contributed by atoms with van der Waals surface area (Å²) in [5.74, 6) is 2.66. The molecule has 0 radical (unpaired) electrons. The second-order valence-electron chi connectivity index (χ2n) is 5.73. The standard InChI is InChI=1S/C17H29NO/c1-6-19-17-8-7-15(11-16(17)12(2)3)14(5)13(4)9-10-18/h7-8,11-14H,6,9-10,18H2,1-5H3. The summed E-state index contributed by atoms with van der Waals surface area (Å²) < 4.78 is 5.72. The molecule has 2 heteroatoms. The third-order valence-electron chi connectivity index (χ3n) is 3.96. The normalized spacial score (nSPS) is 14.5. The van der Waals surface area contributed by atoms with Crippen LogP contribution in [0.25, 0.3) is 0 Å². The summed E-state index contributed by atoms with van der Waals surface area (Å²) >= 11 is 0. The van der Waals surface area contributed by atoms with E-state index in [9.17, 15) is 0 Å². The van der Waals surface area contributed by atoms with Crippen LogP contribution in [0.5, 0.6) is 5.75 Å². The van der Waals surface area contributed by atoms with Gasteiger partial charge >= 0.3 is 0 Å². The average molecular weight is 263 g/mol. The fourth-order valence-electron chi connectivity index (χ4n) is 2.43. The highest BCUT2D eigenvalue weighted by Crippen LogP contribution is 2.33. The van der Waals surface area contributed by atoms with Crippen molar-refractivity contribution >= 4 is 0 Å². The van der Waals surface area contributed by atoms with E-state index in [2.05, 4.69) is 45.9 Å². The Morgan fingerprint density at radius 1 is 1.16 bits per heavy atom. The number of ether oxygens (including phenoxy) is 1. The van der Waals surface area contributed by atoms with Crippen LogP contribution in [0.4, 0.5) is 0 Å². The molecule has 0 bridgehead atoms. The van der Waals surface area contributed by atoms with Gasteiger partial charge < -0.3 is 10.5 Å². The van der Waals surface area contributed by atoms with Crippen LogP contribution in [0.1, 0.15) is 64.0 Å². The van der Waals surface area contributed by atoms with Gasteiger partial charge in [-0.15, -0.1) is 0 Å². The minimum atomic E-state index is 0.485. The average Bonchev–Trinajstić information content (AvgIpc) is 2.38. The van der Waals surface area contributed by atoms with Crippen LogP contribution in [0, 0.1) is 5.92 Å². The van der Waals surface area contributed by atoms with Crippen molar-refractivity contribution in [3.63, 3.8) is 0 Å². The van der Waals surface area contributed by atoms with Crippen molar-refractivity contribution in [2.75, 3.05) is 13.2 Å².